The Labute approximate surface area is 116 Å². The van der Waals surface area contributed by atoms with E-state index in [0.29, 0.717) is 12.5 Å². The van der Waals surface area contributed by atoms with E-state index < -0.39 is 11.2 Å². The van der Waals surface area contributed by atoms with Crippen molar-refractivity contribution >= 4 is 0 Å². The van der Waals surface area contributed by atoms with Crippen LogP contribution in [-0.2, 0) is 6.54 Å². The number of H-pyrrole nitrogens is 1. The lowest BCUT2D eigenvalue weighted by molar-refractivity contribution is 0.717. The average molecular weight is 269 g/mol. The third-order valence-corrected chi connectivity index (χ3v) is 3.13. The van der Waals surface area contributed by atoms with Gasteiger partial charge in [-0.1, -0.05) is 38.1 Å². The molecule has 102 valence electrons. The Morgan fingerprint density at radius 3 is 2.45 bits per heavy atom. The first kappa shape index (κ1) is 13.8. The highest BCUT2D eigenvalue weighted by Gasteiger charge is 2.05. The molecule has 1 aromatic heterocycles. The van der Waals surface area contributed by atoms with E-state index in [1.54, 1.807) is 6.07 Å². The Morgan fingerprint density at radius 2 is 1.90 bits per heavy atom. The molecule has 0 aliphatic heterocycles. The van der Waals surface area contributed by atoms with E-state index in [-0.39, 0.29) is 5.56 Å². The van der Waals surface area contributed by atoms with Crippen molar-refractivity contribution in [3.8, 4) is 6.07 Å². The van der Waals surface area contributed by atoms with Crippen molar-refractivity contribution in [3.63, 3.8) is 0 Å². The van der Waals surface area contributed by atoms with Crippen LogP contribution in [0.15, 0.2) is 40.1 Å². The Hall–Kier alpha value is -2.61. The molecule has 0 unspecified atom stereocenters. The molecule has 1 N–H and O–H groups in total. The number of nitrogens with one attached hydrogen (secondary N) is 1. The molecule has 0 radical (unpaired) electrons. The van der Waals surface area contributed by atoms with Gasteiger partial charge in [0.15, 0.2) is 0 Å². The minimum atomic E-state index is -0.649. The summed E-state index contributed by atoms with van der Waals surface area (Å²) in [5.74, 6) is 0.449. The van der Waals surface area contributed by atoms with Gasteiger partial charge in [0.1, 0.15) is 11.6 Å². The zero-order chi connectivity index (χ0) is 14.7. The molecule has 0 amide bonds. The largest absolute Gasteiger partial charge is 0.328 e. The van der Waals surface area contributed by atoms with Crippen LogP contribution >= 0.6 is 0 Å². The summed E-state index contributed by atoms with van der Waals surface area (Å²) in [5.41, 5.74) is 0.932. The van der Waals surface area contributed by atoms with Crippen molar-refractivity contribution in [2.75, 3.05) is 0 Å². The minimum Gasteiger partial charge on any atom is -0.295 e. The number of nitrogens with zero attached hydrogens (tertiary/aromatic N) is 2. The van der Waals surface area contributed by atoms with Gasteiger partial charge in [-0.2, -0.15) is 5.26 Å². The summed E-state index contributed by atoms with van der Waals surface area (Å²) >= 11 is 0. The first-order valence-corrected chi connectivity index (χ1v) is 6.34. The van der Waals surface area contributed by atoms with E-state index in [0.717, 1.165) is 5.56 Å². The van der Waals surface area contributed by atoms with Crippen LogP contribution in [0.4, 0.5) is 0 Å². The minimum absolute atomic E-state index is 0.0663. The highest BCUT2D eigenvalue weighted by atomic mass is 16.2. The van der Waals surface area contributed by atoms with Crippen LogP contribution in [0.5, 0.6) is 0 Å². The monoisotopic (exact) mass is 269 g/mol. The molecule has 5 nitrogen and oxygen atoms in total. The molecule has 0 fully saturated rings. The van der Waals surface area contributed by atoms with Crippen molar-refractivity contribution in [2.45, 2.75) is 26.3 Å². The molecule has 0 atom stereocenters. The number of rotatable bonds is 3. The van der Waals surface area contributed by atoms with Gasteiger partial charge < -0.3 is 0 Å². The molecule has 0 spiro atoms. The number of aromatic amines is 1. The molecule has 2 rings (SSSR count). The van der Waals surface area contributed by atoms with Gasteiger partial charge in [0.2, 0.25) is 0 Å². The quantitative estimate of drug-likeness (QED) is 0.918. The molecule has 0 saturated heterocycles. The fourth-order valence-electron chi connectivity index (χ4n) is 1.91. The molecular weight excluding hydrogens is 254 g/mol. The Balaban J connectivity index is 2.33. The smallest absolute Gasteiger partial charge is 0.295 e. The molecular formula is C15H15N3O2. The van der Waals surface area contributed by atoms with Gasteiger partial charge in [0.25, 0.3) is 5.56 Å². The van der Waals surface area contributed by atoms with E-state index in [2.05, 4.69) is 18.8 Å². The number of benzene rings is 1. The van der Waals surface area contributed by atoms with Crippen molar-refractivity contribution in [2.24, 2.45) is 0 Å². The van der Waals surface area contributed by atoms with Crippen LogP contribution in [0.25, 0.3) is 0 Å². The normalized spacial score (nSPS) is 10.5. The molecule has 5 heteroatoms. The summed E-state index contributed by atoms with van der Waals surface area (Å²) in [5, 5.41) is 8.81. The molecule has 0 aliphatic carbocycles. The highest BCUT2D eigenvalue weighted by molar-refractivity contribution is 5.26. The number of hydrogen-bond acceptors (Lipinski definition) is 3. The highest BCUT2D eigenvalue weighted by Crippen LogP contribution is 2.14. The van der Waals surface area contributed by atoms with Crippen LogP contribution < -0.4 is 11.2 Å². The second kappa shape index (κ2) is 5.57. The number of nitriles is 1. The topological polar surface area (TPSA) is 78.7 Å². The molecule has 0 aliphatic rings. The van der Waals surface area contributed by atoms with Gasteiger partial charge in [0, 0.05) is 6.20 Å². The van der Waals surface area contributed by atoms with E-state index in [1.165, 1.54) is 16.3 Å². The lowest BCUT2D eigenvalue weighted by Gasteiger charge is -2.08. The molecule has 1 heterocycles. The average Bonchev–Trinajstić information content (AvgIpc) is 2.42. The van der Waals surface area contributed by atoms with Gasteiger partial charge in [0.05, 0.1) is 6.54 Å². The van der Waals surface area contributed by atoms with Gasteiger partial charge in [-0.15, -0.1) is 0 Å². The standard InChI is InChI=1S/C15H15N3O2/c1-10(2)12-5-3-11(4-6-12)8-18-9-13(7-16)14(19)17-15(18)20/h3-6,9-10H,8H2,1-2H3,(H,17,19,20). The summed E-state index contributed by atoms with van der Waals surface area (Å²) < 4.78 is 1.32. The maximum Gasteiger partial charge on any atom is 0.328 e. The maximum absolute atomic E-state index is 11.7. The van der Waals surface area contributed by atoms with Crippen LogP contribution in [0.1, 0.15) is 36.5 Å². The van der Waals surface area contributed by atoms with Crippen molar-refractivity contribution in [3.05, 3.63) is 68.0 Å². The fourth-order valence-corrected chi connectivity index (χ4v) is 1.91. The molecule has 0 saturated carbocycles. The van der Waals surface area contributed by atoms with E-state index in [1.807, 2.05) is 24.3 Å². The van der Waals surface area contributed by atoms with Crippen LogP contribution in [0, 0.1) is 11.3 Å². The molecule has 20 heavy (non-hydrogen) atoms. The lowest BCUT2D eigenvalue weighted by Crippen LogP contribution is -2.31. The summed E-state index contributed by atoms with van der Waals surface area (Å²) in [6, 6.07) is 9.69. The SMILES string of the molecule is CC(C)c1ccc(Cn2cc(C#N)c(=O)[nH]c2=O)cc1. The van der Waals surface area contributed by atoms with E-state index >= 15 is 0 Å². The van der Waals surface area contributed by atoms with Crippen molar-refractivity contribution in [1.29, 1.82) is 5.26 Å². The van der Waals surface area contributed by atoms with Crippen LogP contribution in [0.2, 0.25) is 0 Å². The zero-order valence-electron chi connectivity index (χ0n) is 11.4. The van der Waals surface area contributed by atoms with Gasteiger partial charge in [-0.3, -0.25) is 14.3 Å². The maximum atomic E-state index is 11.7. The second-order valence-corrected chi connectivity index (χ2v) is 4.94. The lowest BCUT2D eigenvalue weighted by atomic mass is 10.0. The van der Waals surface area contributed by atoms with Crippen molar-refractivity contribution in [1.82, 2.24) is 9.55 Å². The first-order chi connectivity index (χ1) is 9.51. The molecule has 2 aromatic rings. The van der Waals surface area contributed by atoms with E-state index in [4.69, 9.17) is 5.26 Å². The van der Waals surface area contributed by atoms with Gasteiger partial charge >= 0.3 is 5.69 Å². The third-order valence-electron chi connectivity index (χ3n) is 3.13. The van der Waals surface area contributed by atoms with Crippen LogP contribution in [0.3, 0.4) is 0 Å². The zero-order valence-corrected chi connectivity index (χ0v) is 11.4. The predicted molar refractivity (Wildman–Crippen MR) is 75.7 cm³/mol. The van der Waals surface area contributed by atoms with Gasteiger partial charge in [-0.25, -0.2) is 4.79 Å². The van der Waals surface area contributed by atoms with Crippen molar-refractivity contribution < 1.29 is 0 Å². The first-order valence-electron chi connectivity index (χ1n) is 6.34. The Kier molecular flexibility index (Phi) is 3.85. The summed E-state index contributed by atoms with van der Waals surface area (Å²) in [4.78, 5) is 25.1. The fraction of sp³-hybridized carbons (Fsp3) is 0.267. The van der Waals surface area contributed by atoms with Crippen LogP contribution in [-0.4, -0.2) is 9.55 Å². The Bertz CT molecular complexity index is 761. The molecule has 1 aromatic carbocycles. The number of hydrogen-bond donors (Lipinski definition) is 1. The number of aromatic nitrogens is 2. The predicted octanol–water partition coefficient (Wildman–Crippen LogP) is 1.58. The van der Waals surface area contributed by atoms with Gasteiger partial charge in [-0.05, 0) is 17.0 Å². The summed E-state index contributed by atoms with van der Waals surface area (Å²) in [6.45, 7) is 4.55. The third kappa shape index (κ3) is 2.86. The Morgan fingerprint density at radius 1 is 1.25 bits per heavy atom. The summed E-state index contributed by atoms with van der Waals surface area (Å²) in [7, 11) is 0. The van der Waals surface area contributed by atoms with E-state index in [9.17, 15) is 9.59 Å². The summed E-state index contributed by atoms with van der Waals surface area (Å²) in [6.07, 6.45) is 1.29. The molecule has 0 bridgehead atoms. The second-order valence-electron chi connectivity index (χ2n) is 4.94.